The number of carbonyl (C=O) groups excluding carboxylic acids is 1. The molecule has 0 N–H and O–H groups in total. The summed E-state index contributed by atoms with van der Waals surface area (Å²) in [5.74, 6) is 0.881. The SMILES string of the molecule is COC(=O)C1(CN2Cc3ccccc3OC(C)(C)C2)CC1. The maximum atomic E-state index is 12.0. The second kappa shape index (κ2) is 5.02. The lowest BCUT2D eigenvalue weighted by atomic mass is 10.0. The number of hydrogen-bond acceptors (Lipinski definition) is 4. The Morgan fingerprint density at radius 3 is 2.71 bits per heavy atom. The molecule has 1 fully saturated rings. The quantitative estimate of drug-likeness (QED) is 0.802. The van der Waals surface area contributed by atoms with Crippen molar-refractivity contribution in [2.75, 3.05) is 20.2 Å². The third-order valence-electron chi connectivity index (χ3n) is 4.36. The zero-order valence-corrected chi connectivity index (χ0v) is 13.0. The number of fused-ring (bicyclic) bond motifs is 1. The second-order valence-corrected chi connectivity index (χ2v) is 6.89. The van der Waals surface area contributed by atoms with Crippen molar-refractivity contribution < 1.29 is 14.3 Å². The zero-order chi connectivity index (χ0) is 15.1. The van der Waals surface area contributed by atoms with E-state index >= 15 is 0 Å². The van der Waals surface area contributed by atoms with Gasteiger partial charge in [-0.2, -0.15) is 0 Å². The Morgan fingerprint density at radius 2 is 2.05 bits per heavy atom. The third kappa shape index (κ3) is 2.91. The minimum Gasteiger partial charge on any atom is -0.486 e. The van der Waals surface area contributed by atoms with Crippen LogP contribution in [-0.2, 0) is 16.1 Å². The van der Waals surface area contributed by atoms with Crippen LogP contribution in [0.5, 0.6) is 5.75 Å². The van der Waals surface area contributed by atoms with Gasteiger partial charge in [-0.3, -0.25) is 9.69 Å². The molecule has 0 unspecified atom stereocenters. The molecular formula is C17H23NO3. The molecule has 4 heteroatoms. The zero-order valence-electron chi connectivity index (χ0n) is 13.0. The van der Waals surface area contributed by atoms with E-state index in [-0.39, 0.29) is 17.0 Å². The fraction of sp³-hybridized carbons (Fsp3) is 0.588. The molecule has 0 saturated heterocycles. The molecular weight excluding hydrogens is 266 g/mol. The van der Waals surface area contributed by atoms with E-state index in [1.165, 1.54) is 12.7 Å². The molecule has 0 amide bonds. The Balaban J connectivity index is 1.82. The molecule has 1 saturated carbocycles. The fourth-order valence-electron chi connectivity index (χ4n) is 3.23. The average Bonchev–Trinajstić information content (AvgIpc) is 3.20. The van der Waals surface area contributed by atoms with Crippen LogP contribution in [0.3, 0.4) is 0 Å². The van der Waals surface area contributed by atoms with Crippen LogP contribution in [-0.4, -0.2) is 36.7 Å². The molecule has 1 heterocycles. The van der Waals surface area contributed by atoms with Gasteiger partial charge in [0.15, 0.2) is 0 Å². The van der Waals surface area contributed by atoms with E-state index in [0.29, 0.717) is 0 Å². The van der Waals surface area contributed by atoms with Crippen molar-refractivity contribution in [1.82, 2.24) is 4.90 Å². The normalized spacial score (nSPS) is 22.6. The molecule has 2 aliphatic rings. The largest absolute Gasteiger partial charge is 0.486 e. The Morgan fingerprint density at radius 1 is 1.33 bits per heavy atom. The van der Waals surface area contributed by atoms with Gasteiger partial charge in [0.2, 0.25) is 0 Å². The topological polar surface area (TPSA) is 38.8 Å². The van der Waals surface area contributed by atoms with E-state index < -0.39 is 0 Å². The van der Waals surface area contributed by atoms with Gasteiger partial charge in [0, 0.05) is 25.2 Å². The van der Waals surface area contributed by atoms with Crippen LogP contribution in [0.1, 0.15) is 32.3 Å². The molecule has 4 nitrogen and oxygen atoms in total. The number of carbonyl (C=O) groups is 1. The summed E-state index contributed by atoms with van der Waals surface area (Å²) in [6.45, 7) is 6.57. The summed E-state index contributed by atoms with van der Waals surface area (Å²) in [6.07, 6.45) is 1.86. The van der Waals surface area contributed by atoms with E-state index in [0.717, 1.165) is 38.2 Å². The summed E-state index contributed by atoms with van der Waals surface area (Å²) in [4.78, 5) is 14.3. The van der Waals surface area contributed by atoms with Crippen LogP contribution in [0.15, 0.2) is 24.3 Å². The highest BCUT2D eigenvalue weighted by molar-refractivity contribution is 5.80. The van der Waals surface area contributed by atoms with E-state index in [2.05, 4.69) is 24.8 Å². The maximum absolute atomic E-state index is 12.0. The molecule has 0 aromatic heterocycles. The van der Waals surface area contributed by atoms with Gasteiger partial charge in [-0.15, -0.1) is 0 Å². The lowest BCUT2D eigenvalue weighted by Gasteiger charge is -2.31. The fourth-order valence-corrected chi connectivity index (χ4v) is 3.23. The second-order valence-electron chi connectivity index (χ2n) is 6.89. The predicted octanol–water partition coefficient (Wildman–Crippen LogP) is 2.61. The number of ether oxygens (including phenoxy) is 2. The smallest absolute Gasteiger partial charge is 0.313 e. The van der Waals surface area contributed by atoms with Crippen LogP contribution in [0.4, 0.5) is 0 Å². The summed E-state index contributed by atoms with van der Waals surface area (Å²) in [5, 5.41) is 0. The van der Waals surface area contributed by atoms with Gasteiger partial charge in [0.05, 0.1) is 12.5 Å². The van der Waals surface area contributed by atoms with Crippen molar-refractivity contribution in [3.63, 3.8) is 0 Å². The number of hydrogen-bond donors (Lipinski definition) is 0. The summed E-state index contributed by atoms with van der Waals surface area (Å²) >= 11 is 0. The molecule has 1 aromatic carbocycles. The Kier molecular flexibility index (Phi) is 3.44. The van der Waals surface area contributed by atoms with Crippen LogP contribution in [0.25, 0.3) is 0 Å². The first-order valence-corrected chi connectivity index (χ1v) is 7.52. The number of nitrogens with zero attached hydrogens (tertiary/aromatic N) is 1. The highest BCUT2D eigenvalue weighted by atomic mass is 16.5. The monoisotopic (exact) mass is 289 g/mol. The van der Waals surface area contributed by atoms with Gasteiger partial charge >= 0.3 is 5.97 Å². The van der Waals surface area contributed by atoms with E-state index in [1.807, 2.05) is 18.2 Å². The summed E-state index contributed by atoms with van der Waals surface area (Å²) in [7, 11) is 1.48. The van der Waals surface area contributed by atoms with E-state index in [9.17, 15) is 4.79 Å². The van der Waals surface area contributed by atoms with Crippen molar-refractivity contribution in [2.45, 2.75) is 38.8 Å². The molecule has 0 atom stereocenters. The van der Waals surface area contributed by atoms with Gasteiger partial charge < -0.3 is 9.47 Å². The van der Waals surface area contributed by atoms with Gasteiger partial charge in [-0.1, -0.05) is 18.2 Å². The molecule has 1 aliphatic carbocycles. The molecule has 3 rings (SSSR count). The van der Waals surface area contributed by atoms with Gasteiger partial charge in [-0.25, -0.2) is 0 Å². The molecule has 114 valence electrons. The Labute approximate surface area is 126 Å². The van der Waals surface area contributed by atoms with Crippen molar-refractivity contribution in [3.8, 4) is 5.75 Å². The maximum Gasteiger partial charge on any atom is 0.313 e. The van der Waals surface area contributed by atoms with Crippen LogP contribution in [0, 0.1) is 5.41 Å². The number of esters is 1. The van der Waals surface area contributed by atoms with Gasteiger partial charge in [0.1, 0.15) is 11.4 Å². The highest BCUT2D eigenvalue weighted by Crippen LogP contribution is 2.48. The summed E-state index contributed by atoms with van der Waals surface area (Å²) < 4.78 is 11.1. The lowest BCUT2D eigenvalue weighted by Crippen LogP contribution is -2.44. The predicted molar refractivity (Wildman–Crippen MR) is 80.1 cm³/mol. The Hall–Kier alpha value is -1.55. The minimum absolute atomic E-state index is 0.0706. The molecule has 0 radical (unpaired) electrons. The van der Waals surface area contributed by atoms with Crippen molar-refractivity contribution in [2.24, 2.45) is 5.41 Å². The van der Waals surface area contributed by atoms with Gasteiger partial charge in [0.25, 0.3) is 0 Å². The van der Waals surface area contributed by atoms with Crippen molar-refractivity contribution >= 4 is 5.97 Å². The molecule has 21 heavy (non-hydrogen) atoms. The summed E-state index contributed by atoms with van der Waals surface area (Å²) in [5.41, 5.74) is 0.631. The number of methoxy groups -OCH3 is 1. The molecule has 1 aliphatic heterocycles. The molecule has 0 bridgehead atoms. The number of rotatable bonds is 3. The van der Waals surface area contributed by atoms with Crippen molar-refractivity contribution in [3.05, 3.63) is 29.8 Å². The highest BCUT2D eigenvalue weighted by Gasteiger charge is 2.52. The molecule has 0 spiro atoms. The van der Waals surface area contributed by atoms with Crippen LogP contribution in [0.2, 0.25) is 0 Å². The average molecular weight is 289 g/mol. The first-order chi connectivity index (χ1) is 9.94. The third-order valence-corrected chi connectivity index (χ3v) is 4.36. The lowest BCUT2D eigenvalue weighted by molar-refractivity contribution is -0.148. The summed E-state index contributed by atoms with van der Waals surface area (Å²) in [6, 6.07) is 8.16. The van der Waals surface area contributed by atoms with E-state index in [4.69, 9.17) is 9.47 Å². The minimum atomic E-state index is -0.288. The first-order valence-electron chi connectivity index (χ1n) is 7.52. The van der Waals surface area contributed by atoms with E-state index in [1.54, 1.807) is 0 Å². The number of para-hydroxylation sites is 1. The van der Waals surface area contributed by atoms with Crippen LogP contribution < -0.4 is 4.74 Å². The van der Waals surface area contributed by atoms with Crippen molar-refractivity contribution in [1.29, 1.82) is 0 Å². The first kappa shape index (κ1) is 14.4. The Bertz CT molecular complexity index is 549. The van der Waals surface area contributed by atoms with Gasteiger partial charge in [-0.05, 0) is 32.8 Å². The molecule has 1 aromatic rings. The van der Waals surface area contributed by atoms with Crippen LogP contribution >= 0.6 is 0 Å². The standard InChI is InChI=1S/C17H23NO3/c1-16(2)11-18(12-17(8-9-17)15(19)20-3)10-13-6-4-5-7-14(13)21-16/h4-7H,8-12H2,1-3H3. The number of benzene rings is 1.